The summed E-state index contributed by atoms with van der Waals surface area (Å²) in [6.07, 6.45) is 3.22. The largest absolute Gasteiger partial charge is 0.394 e. The number of ether oxygens (including phenoxy) is 1. The Balaban J connectivity index is 1.68. The lowest BCUT2D eigenvalue weighted by Gasteiger charge is -2.14. The minimum atomic E-state index is -0.291. The van der Waals surface area contributed by atoms with Crippen molar-refractivity contribution in [3.63, 3.8) is 0 Å². The molecule has 4 rings (SSSR count). The highest BCUT2D eigenvalue weighted by Crippen LogP contribution is 2.34. The van der Waals surface area contributed by atoms with Gasteiger partial charge >= 0.3 is 0 Å². The van der Waals surface area contributed by atoms with Crippen LogP contribution in [0, 0.1) is 6.92 Å². The number of nitrogens with one attached hydrogen (secondary N) is 1. The Kier molecular flexibility index (Phi) is 7.73. The molecule has 0 atom stereocenters. The quantitative estimate of drug-likeness (QED) is 0.265. The monoisotopic (exact) mass is 496 g/mol. The molecule has 0 saturated carbocycles. The second-order valence-corrected chi connectivity index (χ2v) is 9.26. The van der Waals surface area contributed by atoms with Gasteiger partial charge in [0.2, 0.25) is 0 Å². The summed E-state index contributed by atoms with van der Waals surface area (Å²) in [6, 6.07) is 13.3. The first-order valence-electron chi connectivity index (χ1n) is 10.7. The van der Waals surface area contributed by atoms with Crippen LogP contribution in [-0.4, -0.2) is 56.0 Å². The molecule has 0 bridgehead atoms. The van der Waals surface area contributed by atoms with Crippen LogP contribution in [0.5, 0.6) is 0 Å². The fraction of sp³-hybridized carbons (Fsp3) is 0.250. The normalized spacial score (nSPS) is 15.0. The molecule has 1 amide bonds. The number of hydrogen-bond acceptors (Lipinski definition) is 8. The van der Waals surface area contributed by atoms with Gasteiger partial charge in [-0.1, -0.05) is 60.4 Å². The summed E-state index contributed by atoms with van der Waals surface area (Å²) in [5.41, 5.74) is 2.32. The van der Waals surface area contributed by atoms with Crippen LogP contribution >= 0.6 is 24.0 Å². The molecule has 2 N–H and O–H groups in total. The summed E-state index contributed by atoms with van der Waals surface area (Å²) < 4.78 is 7.21. The molecule has 1 aliphatic heterocycles. The first kappa shape index (κ1) is 24.1. The van der Waals surface area contributed by atoms with Gasteiger partial charge in [-0.05, 0) is 30.2 Å². The number of aliphatic hydroxyl groups excluding tert-OH is 1. The van der Waals surface area contributed by atoms with E-state index >= 15 is 0 Å². The number of rotatable bonds is 9. The van der Waals surface area contributed by atoms with Crippen molar-refractivity contribution >= 4 is 51.7 Å². The molecule has 1 saturated heterocycles. The molecule has 0 aliphatic carbocycles. The Morgan fingerprint density at radius 1 is 1.18 bits per heavy atom. The number of hydrogen-bond donors (Lipinski definition) is 2. The summed E-state index contributed by atoms with van der Waals surface area (Å²) in [4.78, 5) is 33.1. The molecular weight excluding hydrogens is 472 g/mol. The average Bonchev–Trinajstić information content (AvgIpc) is 3.10. The lowest BCUT2D eigenvalue weighted by molar-refractivity contribution is -0.122. The predicted molar refractivity (Wildman–Crippen MR) is 138 cm³/mol. The van der Waals surface area contributed by atoms with E-state index in [1.54, 1.807) is 18.3 Å². The van der Waals surface area contributed by atoms with Crippen LogP contribution in [0.4, 0.5) is 5.82 Å². The van der Waals surface area contributed by atoms with Crippen molar-refractivity contribution < 1.29 is 14.6 Å². The minimum absolute atomic E-state index is 0.0646. The van der Waals surface area contributed by atoms with Gasteiger partial charge in [-0.3, -0.25) is 18.9 Å². The van der Waals surface area contributed by atoms with Gasteiger partial charge in [0.1, 0.15) is 15.8 Å². The van der Waals surface area contributed by atoms with E-state index in [9.17, 15) is 9.59 Å². The SMILES string of the molecule is Cc1cccn2c(=O)c(C=C3SC(=S)N(Cc4ccccc4)C3=O)c(NCCOCCO)nc12. The highest BCUT2D eigenvalue weighted by atomic mass is 32.2. The molecule has 1 fully saturated rings. The fourth-order valence-corrected chi connectivity index (χ4v) is 4.75. The molecule has 3 aromatic rings. The van der Waals surface area contributed by atoms with E-state index in [0.717, 1.165) is 11.1 Å². The molecule has 34 heavy (non-hydrogen) atoms. The first-order valence-corrected chi connectivity index (χ1v) is 12.0. The number of anilines is 1. The first-order chi connectivity index (χ1) is 16.5. The van der Waals surface area contributed by atoms with Crippen molar-refractivity contribution in [2.45, 2.75) is 13.5 Å². The molecule has 1 aromatic carbocycles. The molecule has 8 nitrogen and oxygen atoms in total. The molecule has 10 heteroatoms. The Labute approximate surface area is 206 Å². The van der Waals surface area contributed by atoms with E-state index in [-0.39, 0.29) is 30.2 Å². The summed E-state index contributed by atoms with van der Waals surface area (Å²) in [7, 11) is 0. The molecule has 0 radical (unpaired) electrons. The third-order valence-electron chi connectivity index (χ3n) is 5.19. The second kappa shape index (κ2) is 10.9. The number of fused-ring (bicyclic) bond motifs is 1. The third-order valence-corrected chi connectivity index (χ3v) is 6.57. The number of carbonyl (C=O) groups excluding carboxylic acids is 1. The third kappa shape index (κ3) is 5.20. The highest BCUT2D eigenvalue weighted by molar-refractivity contribution is 8.26. The van der Waals surface area contributed by atoms with E-state index in [1.165, 1.54) is 21.1 Å². The Hall–Kier alpha value is -3.05. The van der Waals surface area contributed by atoms with Crippen LogP contribution in [0.25, 0.3) is 11.7 Å². The summed E-state index contributed by atoms with van der Waals surface area (Å²) in [6.45, 7) is 3.11. The number of aliphatic hydroxyl groups is 1. The van der Waals surface area contributed by atoms with E-state index in [2.05, 4.69) is 10.3 Å². The smallest absolute Gasteiger partial charge is 0.267 e. The average molecular weight is 497 g/mol. The summed E-state index contributed by atoms with van der Waals surface area (Å²) in [5.74, 6) is 0.116. The van der Waals surface area contributed by atoms with E-state index in [4.69, 9.17) is 22.1 Å². The lowest BCUT2D eigenvalue weighted by Crippen LogP contribution is -2.27. The molecule has 2 aromatic heterocycles. The number of carbonyl (C=O) groups is 1. The maximum Gasteiger partial charge on any atom is 0.267 e. The molecule has 3 heterocycles. The van der Waals surface area contributed by atoms with Crippen LogP contribution < -0.4 is 10.9 Å². The van der Waals surface area contributed by atoms with Gasteiger partial charge in [0.15, 0.2) is 0 Å². The number of aryl methyl sites for hydroxylation is 1. The van der Waals surface area contributed by atoms with E-state index in [1.807, 2.05) is 43.3 Å². The lowest BCUT2D eigenvalue weighted by atomic mass is 10.2. The zero-order valence-electron chi connectivity index (χ0n) is 18.6. The molecule has 1 aliphatic rings. The van der Waals surface area contributed by atoms with Gasteiger partial charge in [-0.2, -0.15) is 0 Å². The highest BCUT2D eigenvalue weighted by Gasteiger charge is 2.32. The molecular formula is C24H24N4O4S2. The van der Waals surface area contributed by atoms with Gasteiger partial charge in [0.05, 0.1) is 36.8 Å². The van der Waals surface area contributed by atoms with Gasteiger partial charge < -0.3 is 15.2 Å². The second-order valence-electron chi connectivity index (χ2n) is 7.58. The number of thioether (sulfide) groups is 1. The van der Waals surface area contributed by atoms with Crippen molar-refractivity contribution in [3.05, 3.63) is 80.6 Å². The molecule has 0 unspecified atom stereocenters. The van der Waals surface area contributed by atoms with Crippen molar-refractivity contribution in [1.29, 1.82) is 0 Å². The van der Waals surface area contributed by atoms with E-state index < -0.39 is 0 Å². The zero-order chi connectivity index (χ0) is 24.1. The van der Waals surface area contributed by atoms with Crippen molar-refractivity contribution in [2.75, 3.05) is 31.7 Å². The van der Waals surface area contributed by atoms with Gasteiger partial charge in [-0.15, -0.1) is 0 Å². The number of aromatic nitrogens is 2. The van der Waals surface area contributed by atoms with Crippen LogP contribution in [-0.2, 0) is 16.1 Å². The van der Waals surface area contributed by atoms with Gasteiger partial charge in [-0.25, -0.2) is 4.98 Å². The number of pyridine rings is 1. The Morgan fingerprint density at radius 3 is 2.74 bits per heavy atom. The van der Waals surface area contributed by atoms with E-state index in [0.29, 0.717) is 40.4 Å². The number of thiocarbonyl (C=S) groups is 1. The Bertz CT molecular complexity index is 1310. The zero-order valence-corrected chi connectivity index (χ0v) is 20.2. The number of benzene rings is 1. The van der Waals surface area contributed by atoms with Crippen molar-refractivity contribution in [1.82, 2.24) is 14.3 Å². The number of nitrogens with zero attached hydrogens (tertiary/aromatic N) is 3. The fourth-order valence-electron chi connectivity index (χ4n) is 3.52. The van der Waals surface area contributed by atoms with Crippen LogP contribution in [0.3, 0.4) is 0 Å². The maximum absolute atomic E-state index is 13.4. The van der Waals surface area contributed by atoms with Gasteiger partial charge in [0, 0.05) is 12.7 Å². The van der Waals surface area contributed by atoms with Gasteiger partial charge in [0.25, 0.3) is 11.5 Å². The molecule has 0 spiro atoms. The topological polar surface area (TPSA) is 96.2 Å². The summed E-state index contributed by atoms with van der Waals surface area (Å²) >= 11 is 6.63. The van der Waals surface area contributed by atoms with Crippen LogP contribution in [0.2, 0.25) is 0 Å². The van der Waals surface area contributed by atoms with Crippen LogP contribution in [0.15, 0.2) is 58.4 Å². The van der Waals surface area contributed by atoms with Crippen molar-refractivity contribution in [3.8, 4) is 0 Å². The predicted octanol–water partition coefficient (Wildman–Crippen LogP) is 2.83. The van der Waals surface area contributed by atoms with Crippen molar-refractivity contribution in [2.24, 2.45) is 0 Å². The maximum atomic E-state index is 13.4. The minimum Gasteiger partial charge on any atom is -0.394 e. The standard InChI is InChI=1S/C24H24N4O4S2/c1-16-6-5-10-27-21(16)26-20(25-9-12-32-13-11-29)18(22(27)30)14-19-23(31)28(24(33)34-19)15-17-7-3-2-4-8-17/h2-8,10,14,25,29H,9,11-13,15H2,1H3. The summed E-state index contributed by atoms with van der Waals surface area (Å²) in [5, 5.41) is 12.0. The number of amides is 1. The molecule has 176 valence electrons. The van der Waals surface area contributed by atoms with Crippen LogP contribution in [0.1, 0.15) is 16.7 Å². The Morgan fingerprint density at radius 2 is 1.97 bits per heavy atom.